The van der Waals surface area contributed by atoms with Crippen LogP contribution in [0.3, 0.4) is 0 Å². The van der Waals surface area contributed by atoms with Crippen LogP contribution in [0.2, 0.25) is 0 Å². The van der Waals surface area contributed by atoms with Gasteiger partial charge in [-0.15, -0.1) is 0 Å². The van der Waals surface area contributed by atoms with Crippen LogP contribution in [-0.4, -0.2) is 13.0 Å². The van der Waals surface area contributed by atoms with Gasteiger partial charge in [0.05, 0.1) is 15.5 Å². The molecule has 3 nitrogen and oxygen atoms in total. The second-order valence-corrected chi connectivity index (χ2v) is 7.52. The van der Waals surface area contributed by atoms with E-state index in [0.717, 1.165) is 22.5 Å². The normalized spacial score (nSPS) is 11.6. The van der Waals surface area contributed by atoms with Crippen molar-refractivity contribution < 1.29 is 8.42 Å². The van der Waals surface area contributed by atoms with E-state index in [-0.39, 0.29) is 0 Å². The van der Waals surface area contributed by atoms with Crippen LogP contribution in [0.15, 0.2) is 70.5 Å². The average Bonchev–Trinajstić information content (AvgIpc) is 2.79. The summed E-state index contributed by atoms with van der Waals surface area (Å²) in [6.45, 7) is 3.74. The summed E-state index contributed by atoms with van der Waals surface area (Å²) in [6.07, 6.45) is 0. The van der Waals surface area contributed by atoms with Gasteiger partial charge in [-0.3, -0.25) is 0 Å². The third-order valence-electron chi connectivity index (χ3n) is 4.23. The SMILES string of the molecule is Cc1c(S(=O)(=O)c2ccccc2)c(C)n(C)c1-c1ccccc1. The van der Waals surface area contributed by atoms with Crippen LogP contribution < -0.4 is 0 Å². The Balaban J connectivity index is 2.27. The van der Waals surface area contributed by atoms with E-state index in [2.05, 4.69) is 0 Å². The fourth-order valence-corrected chi connectivity index (χ4v) is 4.85. The van der Waals surface area contributed by atoms with Crippen LogP contribution in [0.4, 0.5) is 0 Å². The predicted molar refractivity (Wildman–Crippen MR) is 92.2 cm³/mol. The first-order chi connectivity index (χ1) is 10.9. The van der Waals surface area contributed by atoms with Crippen molar-refractivity contribution in [1.29, 1.82) is 0 Å². The van der Waals surface area contributed by atoms with Crippen LogP contribution in [0.25, 0.3) is 11.3 Å². The zero-order chi connectivity index (χ0) is 16.6. The number of benzene rings is 2. The molecular weight excluding hydrogens is 306 g/mol. The van der Waals surface area contributed by atoms with Gasteiger partial charge in [-0.1, -0.05) is 48.5 Å². The predicted octanol–water partition coefficient (Wildman–Crippen LogP) is 4.14. The van der Waals surface area contributed by atoms with Gasteiger partial charge in [0.15, 0.2) is 0 Å². The zero-order valence-corrected chi connectivity index (χ0v) is 14.3. The highest BCUT2D eigenvalue weighted by Crippen LogP contribution is 2.35. The molecule has 0 aliphatic heterocycles. The molecule has 118 valence electrons. The molecule has 3 rings (SSSR count). The summed E-state index contributed by atoms with van der Waals surface area (Å²) in [4.78, 5) is 0.737. The van der Waals surface area contributed by atoms with E-state index in [0.29, 0.717) is 9.79 Å². The smallest absolute Gasteiger partial charge is 0.208 e. The largest absolute Gasteiger partial charge is 0.346 e. The van der Waals surface area contributed by atoms with E-state index in [4.69, 9.17) is 0 Å². The summed E-state index contributed by atoms with van der Waals surface area (Å²) in [5.74, 6) is 0. The van der Waals surface area contributed by atoms with Gasteiger partial charge in [0, 0.05) is 12.7 Å². The summed E-state index contributed by atoms with van der Waals surface area (Å²) >= 11 is 0. The molecule has 0 radical (unpaired) electrons. The van der Waals surface area contributed by atoms with Crippen molar-refractivity contribution in [2.24, 2.45) is 7.05 Å². The molecular formula is C19H19NO2S. The highest BCUT2D eigenvalue weighted by atomic mass is 32.2. The van der Waals surface area contributed by atoms with Crippen molar-refractivity contribution >= 4 is 9.84 Å². The van der Waals surface area contributed by atoms with Crippen molar-refractivity contribution in [2.45, 2.75) is 23.6 Å². The number of nitrogens with zero attached hydrogens (tertiary/aromatic N) is 1. The zero-order valence-electron chi connectivity index (χ0n) is 13.4. The Morgan fingerprint density at radius 3 is 1.91 bits per heavy atom. The molecule has 0 unspecified atom stereocenters. The molecule has 0 saturated carbocycles. The molecule has 0 atom stereocenters. The highest BCUT2D eigenvalue weighted by molar-refractivity contribution is 7.91. The molecule has 0 aliphatic rings. The number of hydrogen-bond donors (Lipinski definition) is 0. The number of rotatable bonds is 3. The summed E-state index contributed by atoms with van der Waals surface area (Å²) < 4.78 is 28.1. The van der Waals surface area contributed by atoms with E-state index in [1.54, 1.807) is 24.3 Å². The van der Waals surface area contributed by atoms with Gasteiger partial charge < -0.3 is 4.57 Å². The minimum Gasteiger partial charge on any atom is -0.346 e. The highest BCUT2D eigenvalue weighted by Gasteiger charge is 2.27. The van der Waals surface area contributed by atoms with Crippen molar-refractivity contribution in [2.75, 3.05) is 0 Å². The van der Waals surface area contributed by atoms with Gasteiger partial charge in [0.25, 0.3) is 0 Å². The topological polar surface area (TPSA) is 39.1 Å². The molecule has 3 aromatic rings. The molecule has 1 heterocycles. The first-order valence-corrected chi connectivity index (χ1v) is 8.94. The standard InChI is InChI=1S/C19H19NO2S/c1-14-18(16-10-6-4-7-11-16)20(3)15(2)19(14)23(21,22)17-12-8-5-9-13-17/h4-13H,1-3H3. The van der Waals surface area contributed by atoms with E-state index < -0.39 is 9.84 Å². The second-order valence-electron chi connectivity index (χ2n) is 5.63. The van der Waals surface area contributed by atoms with Crippen molar-refractivity contribution in [3.05, 3.63) is 71.9 Å². The molecule has 0 N–H and O–H groups in total. The molecule has 1 aromatic heterocycles. The Kier molecular flexibility index (Phi) is 3.86. The third-order valence-corrected chi connectivity index (χ3v) is 6.26. The average molecular weight is 325 g/mol. The van der Waals surface area contributed by atoms with Gasteiger partial charge in [0.2, 0.25) is 9.84 Å². The number of aromatic nitrogens is 1. The lowest BCUT2D eigenvalue weighted by Gasteiger charge is -2.06. The summed E-state index contributed by atoms with van der Waals surface area (Å²) in [7, 11) is -1.62. The first-order valence-electron chi connectivity index (χ1n) is 7.46. The van der Waals surface area contributed by atoms with Crippen molar-refractivity contribution in [3.63, 3.8) is 0 Å². The lowest BCUT2D eigenvalue weighted by molar-refractivity contribution is 0.594. The van der Waals surface area contributed by atoms with E-state index in [1.807, 2.05) is 61.9 Å². The maximum absolute atomic E-state index is 13.1. The Morgan fingerprint density at radius 2 is 1.35 bits per heavy atom. The fraction of sp³-hybridized carbons (Fsp3) is 0.158. The Hall–Kier alpha value is -2.33. The van der Waals surface area contributed by atoms with Crippen LogP contribution in [0.1, 0.15) is 11.3 Å². The molecule has 0 saturated heterocycles. The summed E-state index contributed by atoms with van der Waals surface area (Å²) in [6, 6.07) is 18.5. The second kappa shape index (κ2) is 5.70. The van der Waals surface area contributed by atoms with Crippen LogP contribution in [0, 0.1) is 13.8 Å². The molecule has 23 heavy (non-hydrogen) atoms. The van der Waals surface area contributed by atoms with Crippen molar-refractivity contribution in [1.82, 2.24) is 4.57 Å². The van der Waals surface area contributed by atoms with Crippen LogP contribution in [-0.2, 0) is 16.9 Å². The number of sulfone groups is 1. The Bertz CT molecular complexity index is 940. The van der Waals surface area contributed by atoms with Crippen molar-refractivity contribution in [3.8, 4) is 11.3 Å². The Morgan fingerprint density at radius 1 is 0.826 bits per heavy atom. The van der Waals surface area contributed by atoms with Gasteiger partial charge in [-0.05, 0) is 37.1 Å². The molecule has 4 heteroatoms. The first kappa shape index (κ1) is 15.6. The maximum atomic E-state index is 13.1. The van der Waals surface area contributed by atoms with E-state index >= 15 is 0 Å². The molecule has 0 fully saturated rings. The van der Waals surface area contributed by atoms with E-state index in [1.165, 1.54) is 0 Å². The molecule has 2 aromatic carbocycles. The minimum absolute atomic E-state index is 0.330. The Labute approximate surface area is 137 Å². The fourth-order valence-electron chi connectivity index (χ4n) is 3.07. The van der Waals surface area contributed by atoms with Gasteiger partial charge in [0.1, 0.15) is 0 Å². The van der Waals surface area contributed by atoms with Gasteiger partial charge in [-0.25, -0.2) is 8.42 Å². The molecule has 0 aliphatic carbocycles. The van der Waals surface area contributed by atoms with Gasteiger partial charge in [-0.2, -0.15) is 0 Å². The quantitative estimate of drug-likeness (QED) is 0.726. The third kappa shape index (κ3) is 2.49. The molecule has 0 bridgehead atoms. The van der Waals surface area contributed by atoms with Gasteiger partial charge >= 0.3 is 0 Å². The summed E-state index contributed by atoms with van der Waals surface area (Å²) in [5.41, 5.74) is 3.51. The monoisotopic (exact) mass is 325 g/mol. The minimum atomic E-state index is -3.53. The summed E-state index contributed by atoms with van der Waals surface area (Å²) in [5, 5.41) is 0. The molecule has 0 spiro atoms. The van der Waals surface area contributed by atoms with E-state index in [9.17, 15) is 8.42 Å². The maximum Gasteiger partial charge on any atom is 0.208 e. The van der Waals surface area contributed by atoms with Crippen LogP contribution >= 0.6 is 0 Å². The lowest BCUT2D eigenvalue weighted by atomic mass is 10.1. The van der Waals surface area contributed by atoms with Crippen LogP contribution in [0.5, 0.6) is 0 Å². The molecule has 0 amide bonds. The lowest BCUT2D eigenvalue weighted by Crippen LogP contribution is -2.04. The number of hydrogen-bond acceptors (Lipinski definition) is 2.